The molecule has 0 radical (unpaired) electrons. The van der Waals surface area contributed by atoms with Crippen LogP contribution >= 0.6 is 0 Å². The molecule has 0 saturated carbocycles. The van der Waals surface area contributed by atoms with Crippen LogP contribution < -0.4 is 0 Å². The number of benzene rings is 1. The third-order valence-corrected chi connectivity index (χ3v) is 6.98. The van der Waals surface area contributed by atoms with E-state index in [4.69, 9.17) is 0 Å². The van der Waals surface area contributed by atoms with Crippen LogP contribution in [0, 0.1) is 0 Å². The Morgan fingerprint density at radius 1 is 1.19 bits per heavy atom. The molecule has 1 amide bonds. The molecule has 0 bridgehead atoms. The summed E-state index contributed by atoms with van der Waals surface area (Å²) in [6, 6.07) is 5.04. The van der Waals surface area contributed by atoms with Gasteiger partial charge in [0.2, 0.25) is 15.9 Å². The van der Waals surface area contributed by atoms with E-state index in [1.807, 2.05) is 11.8 Å². The molecule has 1 saturated heterocycles. The summed E-state index contributed by atoms with van der Waals surface area (Å²) in [6.07, 6.45) is 4.37. The number of amides is 1. The van der Waals surface area contributed by atoms with Crippen molar-refractivity contribution in [3.8, 4) is 0 Å². The van der Waals surface area contributed by atoms with Crippen molar-refractivity contribution in [2.45, 2.75) is 50.5 Å². The first kappa shape index (κ1) is 19.8. The van der Waals surface area contributed by atoms with Gasteiger partial charge in [-0.1, -0.05) is 0 Å². The molecule has 0 spiro atoms. The molecule has 0 N–H and O–H groups in total. The lowest BCUT2D eigenvalue weighted by atomic mass is 10.1. The summed E-state index contributed by atoms with van der Waals surface area (Å²) >= 11 is 0. The van der Waals surface area contributed by atoms with Gasteiger partial charge in [0.05, 0.1) is 15.9 Å². The number of aryl methyl sites for hydroxylation is 2. The fraction of sp³-hybridized carbons (Fsp3) is 0.579. The molecule has 0 unspecified atom stereocenters. The van der Waals surface area contributed by atoms with Crippen molar-refractivity contribution in [1.29, 1.82) is 0 Å². The van der Waals surface area contributed by atoms with E-state index < -0.39 is 10.0 Å². The summed E-state index contributed by atoms with van der Waals surface area (Å²) in [6.45, 7) is 4.47. The summed E-state index contributed by atoms with van der Waals surface area (Å²) in [5.41, 5.74) is 1.55. The normalized spacial score (nSPS) is 15.6. The lowest BCUT2D eigenvalue weighted by Gasteiger charge is -2.26. The minimum atomic E-state index is -3.50. The molecule has 1 aromatic carbocycles. The third-order valence-electron chi connectivity index (χ3n) is 5.16. The molecule has 1 aliphatic rings. The molecule has 2 heterocycles. The number of hydrogen-bond donors (Lipinski definition) is 0. The number of piperidine rings is 1. The molecule has 0 atom stereocenters. The zero-order chi connectivity index (χ0) is 19.6. The summed E-state index contributed by atoms with van der Waals surface area (Å²) in [5, 5.41) is 0. The Bertz CT molecular complexity index is 928. The number of hydrogen-bond acceptors (Lipinski definition) is 4. The van der Waals surface area contributed by atoms with Crippen molar-refractivity contribution in [3.63, 3.8) is 0 Å². The summed E-state index contributed by atoms with van der Waals surface area (Å²) < 4.78 is 28.0. The van der Waals surface area contributed by atoms with Gasteiger partial charge in [0.25, 0.3) is 0 Å². The van der Waals surface area contributed by atoms with Gasteiger partial charge in [0, 0.05) is 46.6 Å². The predicted octanol–water partition coefficient (Wildman–Crippen LogP) is 2.25. The van der Waals surface area contributed by atoms with Crippen LogP contribution in [0.25, 0.3) is 11.0 Å². The molecule has 27 heavy (non-hydrogen) atoms. The highest BCUT2D eigenvalue weighted by Crippen LogP contribution is 2.23. The van der Waals surface area contributed by atoms with Gasteiger partial charge in [-0.05, 0) is 44.4 Å². The van der Waals surface area contributed by atoms with Crippen LogP contribution in [0.5, 0.6) is 0 Å². The molecule has 2 aromatic rings. The molecule has 0 aliphatic carbocycles. The highest BCUT2D eigenvalue weighted by Gasteiger charge is 2.21. The van der Waals surface area contributed by atoms with Gasteiger partial charge >= 0.3 is 0 Å². The smallest absolute Gasteiger partial charge is 0.242 e. The van der Waals surface area contributed by atoms with Gasteiger partial charge in [-0.3, -0.25) is 4.79 Å². The molecular weight excluding hydrogens is 364 g/mol. The molecule has 1 aromatic heterocycles. The van der Waals surface area contributed by atoms with E-state index in [1.165, 1.54) is 24.8 Å². The Morgan fingerprint density at radius 3 is 2.52 bits per heavy atom. The molecule has 1 aliphatic heterocycles. The number of carbonyl (C=O) groups is 1. The standard InChI is InChI=1S/C19H28N4O3S/c1-4-23-17-9-8-15(27(25,26)21(2)3)14-16(17)20-18(23)10-11-19(24)22-12-6-5-7-13-22/h8-9,14H,4-7,10-13H2,1-3H3. The van der Waals surface area contributed by atoms with Crippen LogP contribution in [0.15, 0.2) is 23.1 Å². The molecule has 1 fully saturated rings. The first-order valence-electron chi connectivity index (χ1n) is 9.54. The second-order valence-corrected chi connectivity index (χ2v) is 9.30. The van der Waals surface area contributed by atoms with Gasteiger partial charge in [-0.15, -0.1) is 0 Å². The first-order valence-corrected chi connectivity index (χ1v) is 11.0. The minimum Gasteiger partial charge on any atom is -0.343 e. The maximum absolute atomic E-state index is 12.5. The quantitative estimate of drug-likeness (QED) is 0.756. The average molecular weight is 393 g/mol. The number of likely N-dealkylation sites (tertiary alicyclic amines) is 1. The van der Waals surface area contributed by atoms with Crippen molar-refractivity contribution in [2.24, 2.45) is 0 Å². The minimum absolute atomic E-state index is 0.181. The monoisotopic (exact) mass is 392 g/mol. The molecule has 148 valence electrons. The zero-order valence-corrected chi connectivity index (χ0v) is 17.1. The van der Waals surface area contributed by atoms with E-state index in [9.17, 15) is 13.2 Å². The highest BCUT2D eigenvalue weighted by molar-refractivity contribution is 7.89. The number of carbonyl (C=O) groups excluding carboxylic acids is 1. The number of aromatic nitrogens is 2. The summed E-state index contributed by atoms with van der Waals surface area (Å²) in [5.74, 6) is 1.01. The van der Waals surface area contributed by atoms with Gasteiger partial charge in [-0.2, -0.15) is 0 Å². The Hall–Kier alpha value is -1.93. The van der Waals surface area contributed by atoms with E-state index in [0.29, 0.717) is 18.4 Å². The van der Waals surface area contributed by atoms with Crippen molar-refractivity contribution in [2.75, 3.05) is 27.2 Å². The Kier molecular flexibility index (Phi) is 5.86. The van der Waals surface area contributed by atoms with Gasteiger partial charge in [0.15, 0.2) is 0 Å². The Morgan fingerprint density at radius 2 is 1.89 bits per heavy atom. The topological polar surface area (TPSA) is 75.5 Å². The van der Waals surface area contributed by atoms with Crippen LogP contribution in [-0.4, -0.2) is 60.3 Å². The fourth-order valence-corrected chi connectivity index (χ4v) is 4.52. The molecule has 7 nitrogen and oxygen atoms in total. The second kappa shape index (κ2) is 7.98. The lowest BCUT2D eigenvalue weighted by molar-refractivity contribution is -0.132. The summed E-state index contributed by atoms with van der Waals surface area (Å²) in [7, 11) is -0.464. The van der Waals surface area contributed by atoms with Crippen LogP contribution in [0.2, 0.25) is 0 Å². The molecule has 8 heteroatoms. The van der Waals surface area contributed by atoms with Crippen molar-refractivity contribution in [1.82, 2.24) is 18.8 Å². The van der Waals surface area contributed by atoms with Crippen molar-refractivity contribution < 1.29 is 13.2 Å². The van der Waals surface area contributed by atoms with E-state index in [-0.39, 0.29) is 10.8 Å². The SMILES string of the molecule is CCn1c(CCC(=O)N2CCCCC2)nc2cc(S(=O)(=O)N(C)C)ccc21. The van der Waals surface area contributed by atoms with Crippen molar-refractivity contribution in [3.05, 3.63) is 24.0 Å². The number of rotatable bonds is 6. The molecular formula is C19H28N4O3S. The first-order chi connectivity index (χ1) is 12.8. The van der Waals surface area contributed by atoms with Crippen LogP contribution in [0.4, 0.5) is 0 Å². The van der Waals surface area contributed by atoms with E-state index in [1.54, 1.807) is 18.2 Å². The van der Waals surface area contributed by atoms with E-state index in [0.717, 1.165) is 43.8 Å². The van der Waals surface area contributed by atoms with Gasteiger partial charge in [-0.25, -0.2) is 17.7 Å². The fourth-order valence-electron chi connectivity index (χ4n) is 3.59. The van der Waals surface area contributed by atoms with Crippen LogP contribution in [-0.2, 0) is 27.8 Å². The zero-order valence-electron chi connectivity index (χ0n) is 16.3. The van der Waals surface area contributed by atoms with Gasteiger partial charge < -0.3 is 9.47 Å². The summed E-state index contributed by atoms with van der Waals surface area (Å²) in [4.78, 5) is 19.3. The lowest BCUT2D eigenvalue weighted by Crippen LogP contribution is -2.35. The second-order valence-electron chi connectivity index (χ2n) is 7.15. The average Bonchev–Trinajstić information content (AvgIpc) is 3.03. The highest BCUT2D eigenvalue weighted by atomic mass is 32.2. The Balaban J connectivity index is 1.84. The maximum atomic E-state index is 12.5. The van der Waals surface area contributed by atoms with Crippen molar-refractivity contribution >= 4 is 27.0 Å². The largest absolute Gasteiger partial charge is 0.343 e. The Labute approximate surface area is 161 Å². The number of nitrogens with zero attached hydrogens (tertiary/aromatic N) is 4. The third kappa shape index (κ3) is 4.01. The van der Waals surface area contributed by atoms with Gasteiger partial charge in [0.1, 0.15) is 5.82 Å². The molecule has 3 rings (SSSR count). The van der Waals surface area contributed by atoms with Crippen LogP contribution in [0.1, 0.15) is 38.4 Å². The number of imidazole rings is 1. The number of fused-ring (bicyclic) bond motifs is 1. The number of sulfonamides is 1. The maximum Gasteiger partial charge on any atom is 0.242 e. The van der Waals surface area contributed by atoms with Crippen LogP contribution in [0.3, 0.4) is 0 Å². The van der Waals surface area contributed by atoms with E-state index >= 15 is 0 Å². The predicted molar refractivity (Wildman–Crippen MR) is 105 cm³/mol. The van der Waals surface area contributed by atoms with E-state index in [2.05, 4.69) is 9.55 Å².